The Labute approximate surface area is 88.7 Å². The molecule has 0 fully saturated rings. The number of anilines is 2. The van der Waals surface area contributed by atoms with Crippen molar-refractivity contribution in [1.29, 1.82) is 0 Å². The first kappa shape index (κ1) is 9.76. The van der Waals surface area contributed by atoms with Gasteiger partial charge in [0.1, 0.15) is 0 Å². The van der Waals surface area contributed by atoms with Gasteiger partial charge in [-0.05, 0) is 26.0 Å². The maximum absolute atomic E-state index is 11.7. The fraction of sp³-hybridized carbons (Fsp3) is 0.400. The Hall–Kier alpha value is -1.78. The summed E-state index contributed by atoms with van der Waals surface area (Å²) in [5.74, 6) is 0.807. The Morgan fingerprint density at radius 3 is 2.73 bits per heavy atom. The molecular weight excluding hydrogens is 192 g/mol. The van der Waals surface area contributed by atoms with Crippen LogP contribution in [-0.4, -0.2) is 29.1 Å². The normalized spacial score (nSPS) is 14.9. The number of hydrogen-bond acceptors (Lipinski definition) is 3. The van der Waals surface area contributed by atoms with Crippen molar-refractivity contribution in [3.63, 3.8) is 0 Å². The first-order valence-corrected chi connectivity index (χ1v) is 5.09. The Bertz CT molecular complexity index is 379. The van der Waals surface area contributed by atoms with Gasteiger partial charge < -0.3 is 5.32 Å². The summed E-state index contributed by atoms with van der Waals surface area (Å²) in [6.45, 7) is 5.30. The van der Waals surface area contributed by atoms with Gasteiger partial charge >= 0.3 is 6.03 Å². The minimum absolute atomic E-state index is 0.0974. The smallest absolute Gasteiger partial charge is 0.303 e. The van der Waals surface area contributed by atoms with Crippen LogP contribution in [0.25, 0.3) is 0 Å². The SMILES string of the molecule is CCN1C(=O)Nc2cccnc2N1CC. The summed E-state index contributed by atoms with van der Waals surface area (Å²) in [6, 6.07) is 3.57. The number of pyridine rings is 1. The molecule has 5 nitrogen and oxygen atoms in total. The van der Waals surface area contributed by atoms with Crippen LogP contribution in [0.15, 0.2) is 18.3 Å². The summed E-state index contributed by atoms with van der Waals surface area (Å²) in [4.78, 5) is 16.0. The Morgan fingerprint density at radius 1 is 1.33 bits per heavy atom. The van der Waals surface area contributed by atoms with Gasteiger partial charge in [0.2, 0.25) is 0 Å². The highest BCUT2D eigenvalue weighted by Crippen LogP contribution is 2.28. The number of hydrazine groups is 1. The monoisotopic (exact) mass is 206 g/mol. The van der Waals surface area contributed by atoms with Gasteiger partial charge in [-0.3, -0.25) is 5.01 Å². The summed E-state index contributed by atoms with van der Waals surface area (Å²) in [5.41, 5.74) is 0.772. The molecule has 0 unspecified atom stereocenters. The van der Waals surface area contributed by atoms with E-state index in [1.807, 2.05) is 31.0 Å². The van der Waals surface area contributed by atoms with E-state index in [2.05, 4.69) is 10.3 Å². The first-order chi connectivity index (χ1) is 7.27. The van der Waals surface area contributed by atoms with Gasteiger partial charge in [0.25, 0.3) is 0 Å². The van der Waals surface area contributed by atoms with Gasteiger partial charge in [-0.25, -0.2) is 14.8 Å². The Kier molecular flexibility index (Phi) is 2.45. The van der Waals surface area contributed by atoms with Gasteiger partial charge in [0.15, 0.2) is 5.82 Å². The first-order valence-electron chi connectivity index (χ1n) is 5.09. The lowest BCUT2D eigenvalue weighted by molar-refractivity contribution is 0.206. The van der Waals surface area contributed by atoms with Crippen LogP contribution < -0.4 is 10.3 Å². The van der Waals surface area contributed by atoms with Crippen molar-refractivity contribution in [2.24, 2.45) is 0 Å². The minimum atomic E-state index is -0.0974. The molecule has 1 aliphatic rings. The van der Waals surface area contributed by atoms with E-state index in [0.29, 0.717) is 6.54 Å². The number of urea groups is 1. The Balaban J connectivity index is 2.44. The molecule has 15 heavy (non-hydrogen) atoms. The van der Waals surface area contributed by atoms with Gasteiger partial charge in [0, 0.05) is 19.3 Å². The van der Waals surface area contributed by atoms with Crippen LogP contribution in [0, 0.1) is 0 Å². The molecule has 0 aromatic carbocycles. The van der Waals surface area contributed by atoms with Crippen molar-refractivity contribution in [1.82, 2.24) is 9.99 Å². The fourth-order valence-corrected chi connectivity index (χ4v) is 1.74. The maximum atomic E-state index is 11.7. The standard InChI is InChI=1S/C10H14N4O/c1-3-13-9-8(6-5-7-11-9)12-10(15)14(13)4-2/h5-7H,3-4H2,1-2H3,(H,12,15). The highest BCUT2D eigenvalue weighted by atomic mass is 16.2. The fourth-order valence-electron chi connectivity index (χ4n) is 1.74. The number of hydrogen-bond donors (Lipinski definition) is 1. The van der Waals surface area contributed by atoms with Crippen LogP contribution in [0.5, 0.6) is 0 Å². The zero-order valence-corrected chi connectivity index (χ0v) is 8.90. The number of amides is 2. The van der Waals surface area contributed by atoms with Crippen LogP contribution in [0.3, 0.4) is 0 Å². The molecule has 0 radical (unpaired) electrons. The van der Waals surface area contributed by atoms with E-state index < -0.39 is 0 Å². The molecule has 1 N–H and O–H groups in total. The van der Waals surface area contributed by atoms with Crippen molar-refractivity contribution in [2.45, 2.75) is 13.8 Å². The van der Waals surface area contributed by atoms with E-state index in [1.54, 1.807) is 11.2 Å². The largest absolute Gasteiger partial charge is 0.340 e. The topological polar surface area (TPSA) is 48.5 Å². The van der Waals surface area contributed by atoms with Crippen molar-refractivity contribution >= 4 is 17.5 Å². The highest BCUT2D eigenvalue weighted by molar-refractivity contribution is 5.96. The molecule has 0 spiro atoms. The lowest BCUT2D eigenvalue weighted by Crippen LogP contribution is -2.52. The molecule has 0 aliphatic carbocycles. The van der Waals surface area contributed by atoms with Crippen molar-refractivity contribution in [2.75, 3.05) is 23.4 Å². The molecule has 5 heteroatoms. The van der Waals surface area contributed by atoms with Crippen molar-refractivity contribution in [3.05, 3.63) is 18.3 Å². The summed E-state index contributed by atoms with van der Waals surface area (Å²) < 4.78 is 0. The van der Waals surface area contributed by atoms with Gasteiger partial charge in [0.05, 0.1) is 5.69 Å². The number of fused-ring (bicyclic) bond motifs is 1. The number of rotatable bonds is 2. The van der Waals surface area contributed by atoms with Crippen LogP contribution in [0.2, 0.25) is 0 Å². The van der Waals surface area contributed by atoms with Crippen molar-refractivity contribution in [3.8, 4) is 0 Å². The van der Waals surface area contributed by atoms with E-state index in [1.165, 1.54) is 0 Å². The number of nitrogens with one attached hydrogen (secondary N) is 1. The average molecular weight is 206 g/mol. The second kappa shape index (κ2) is 3.76. The molecule has 80 valence electrons. The highest BCUT2D eigenvalue weighted by Gasteiger charge is 2.28. The predicted molar refractivity (Wildman–Crippen MR) is 58.7 cm³/mol. The van der Waals surface area contributed by atoms with E-state index in [9.17, 15) is 4.79 Å². The van der Waals surface area contributed by atoms with E-state index in [4.69, 9.17) is 0 Å². The van der Waals surface area contributed by atoms with Crippen LogP contribution >= 0.6 is 0 Å². The number of nitrogens with zero attached hydrogens (tertiary/aromatic N) is 3. The molecule has 2 rings (SSSR count). The molecule has 1 aliphatic heterocycles. The number of carbonyl (C=O) groups is 1. The molecule has 0 bridgehead atoms. The molecular formula is C10H14N4O. The molecule has 0 saturated heterocycles. The zero-order valence-electron chi connectivity index (χ0n) is 8.90. The van der Waals surface area contributed by atoms with E-state index >= 15 is 0 Å². The molecule has 1 aromatic rings. The molecule has 0 atom stereocenters. The summed E-state index contributed by atoms with van der Waals surface area (Å²) in [5, 5.41) is 6.34. The van der Waals surface area contributed by atoms with Crippen LogP contribution in [-0.2, 0) is 0 Å². The molecule has 2 heterocycles. The predicted octanol–water partition coefficient (Wildman–Crippen LogP) is 1.69. The van der Waals surface area contributed by atoms with Crippen molar-refractivity contribution < 1.29 is 4.79 Å². The second-order valence-electron chi connectivity index (χ2n) is 3.24. The third-order valence-corrected chi connectivity index (χ3v) is 2.40. The average Bonchev–Trinajstić information content (AvgIpc) is 2.27. The minimum Gasteiger partial charge on any atom is -0.303 e. The van der Waals surface area contributed by atoms with E-state index in [-0.39, 0.29) is 6.03 Å². The third-order valence-electron chi connectivity index (χ3n) is 2.40. The second-order valence-corrected chi connectivity index (χ2v) is 3.24. The summed E-state index contributed by atoms with van der Waals surface area (Å²) >= 11 is 0. The molecule has 0 saturated carbocycles. The summed E-state index contributed by atoms with van der Waals surface area (Å²) in [6.07, 6.45) is 1.73. The maximum Gasteiger partial charge on any atom is 0.340 e. The zero-order chi connectivity index (χ0) is 10.8. The quantitative estimate of drug-likeness (QED) is 0.801. The van der Waals surface area contributed by atoms with Gasteiger partial charge in [-0.2, -0.15) is 0 Å². The lowest BCUT2D eigenvalue weighted by atomic mass is 10.3. The van der Waals surface area contributed by atoms with E-state index in [0.717, 1.165) is 18.1 Å². The van der Waals surface area contributed by atoms with Gasteiger partial charge in [-0.15, -0.1) is 0 Å². The number of carbonyl (C=O) groups excluding carboxylic acids is 1. The number of aromatic nitrogens is 1. The van der Waals surface area contributed by atoms with Gasteiger partial charge in [-0.1, -0.05) is 0 Å². The summed E-state index contributed by atoms with van der Waals surface area (Å²) in [7, 11) is 0. The molecule has 2 amide bonds. The van der Waals surface area contributed by atoms with Crippen LogP contribution in [0.4, 0.5) is 16.3 Å². The van der Waals surface area contributed by atoms with Crippen LogP contribution in [0.1, 0.15) is 13.8 Å². The Morgan fingerprint density at radius 2 is 2.07 bits per heavy atom. The molecule has 1 aromatic heterocycles. The third kappa shape index (κ3) is 1.49. The lowest BCUT2D eigenvalue weighted by Gasteiger charge is -2.38.